The van der Waals surface area contributed by atoms with Crippen molar-refractivity contribution in [2.24, 2.45) is 11.8 Å². The van der Waals surface area contributed by atoms with Crippen molar-refractivity contribution in [1.29, 1.82) is 0 Å². The Hall–Kier alpha value is -2.21. The summed E-state index contributed by atoms with van der Waals surface area (Å²) in [5.41, 5.74) is 0.428. The Balaban J connectivity index is 1.22. The van der Waals surface area contributed by atoms with Crippen molar-refractivity contribution in [1.82, 2.24) is 9.80 Å². The van der Waals surface area contributed by atoms with Crippen LogP contribution in [0.1, 0.15) is 37.0 Å². The zero-order valence-electron chi connectivity index (χ0n) is 16.7. The highest BCUT2D eigenvalue weighted by Crippen LogP contribution is 2.32. The number of aryl methyl sites for hydroxylation is 1. The lowest BCUT2D eigenvalue weighted by Gasteiger charge is -2.35. The number of furan rings is 1. The molecule has 0 saturated carbocycles. The topological polar surface area (TPSA) is 36.7 Å². The van der Waals surface area contributed by atoms with Gasteiger partial charge in [0.1, 0.15) is 5.76 Å². The van der Waals surface area contributed by atoms with Crippen molar-refractivity contribution >= 4 is 5.91 Å². The van der Waals surface area contributed by atoms with E-state index >= 15 is 0 Å². The van der Waals surface area contributed by atoms with E-state index in [1.54, 1.807) is 18.4 Å². The second-order valence-electron chi connectivity index (χ2n) is 8.29. The molecule has 2 aliphatic rings. The van der Waals surface area contributed by atoms with Crippen LogP contribution in [-0.2, 0) is 17.8 Å². The normalized spacial score (nSPS) is 21.0. The number of carbonyl (C=O) groups excluding carboxylic acids is 1. The highest BCUT2D eigenvalue weighted by Gasteiger charge is 2.33. The van der Waals surface area contributed by atoms with Crippen molar-refractivity contribution in [3.63, 3.8) is 0 Å². The summed E-state index contributed by atoms with van der Waals surface area (Å²) < 4.78 is 32.6. The number of hydrogen-bond acceptors (Lipinski definition) is 3. The smallest absolute Gasteiger partial charge is 0.223 e. The molecule has 2 saturated heterocycles. The number of rotatable bonds is 6. The minimum atomic E-state index is -0.778. The Morgan fingerprint density at radius 1 is 1.03 bits per heavy atom. The molecule has 3 heterocycles. The number of piperidine rings is 1. The van der Waals surface area contributed by atoms with Gasteiger partial charge < -0.3 is 9.32 Å². The molecule has 2 aromatic rings. The second-order valence-corrected chi connectivity index (χ2v) is 8.29. The van der Waals surface area contributed by atoms with Gasteiger partial charge in [0.05, 0.1) is 6.26 Å². The van der Waals surface area contributed by atoms with E-state index in [0.29, 0.717) is 36.8 Å². The average Bonchev–Trinajstić information content (AvgIpc) is 3.42. The molecule has 2 fully saturated rings. The third kappa shape index (κ3) is 4.86. The molecule has 4 nitrogen and oxygen atoms in total. The summed E-state index contributed by atoms with van der Waals surface area (Å²) in [7, 11) is 0. The highest BCUT2D eigenvalue weighted by molar-refractivity contribution is 5.76. The van der Waals surface area contributed by atoms with Gasteiger partial charge in [0.2, 0.25) is 5.91 Å². The van der Waals surface area contributed by atoms with Crippen molar-refractivity contribution in [2.75, 3.05) is 26.2 Å². The van der Waals surface area contributed by atoms with E-state index in [9.17, 15) is 13.6 Å². The lowest BCUT2D eigenvalue weighted by atomic mass is 9.83. The van der Waals surface area contributed by atoms with Crippen LogP contribution in [0.4, 0.5) is 8.78 Å². The van der Waals surface area contributed by atoms with Gasteiger partial charge in [-0.15, -0.1) is 0 Å². The van der Waals surface area contributed by atoms with Crippen molar-refractivity contribution in [2.45, 2.75) is 38.6 Å². The number of likely N-dealkylation sites (tertiary alicyclic amines) is 2. The van der Waals surface area contributed by atoms with Gasteiger partial charge in [-0.2, -0.15) is 0 Å². The van der Waals surface area contributed by atoms with E-state index in [-0.39, 0.29) is 5.91 Å². The predicted molar refractivity (Wildman–Crippen MR) is 106 cm³/mol. The van der Waals surface area contributed by atoms with Gasteiger partial charge in [0.15, 0.2) is 11.6 Å². The minimum Gasteiger partial charge on any atom is -0.469 e. The maximum Gasteiger partial charge on any atom is 0.223 e. The van der Waals surface area contributed by atoms with Crippen LogP contribution in [0.3, 0.4) is 0 Å². The van der Waals surface area contributed by atoms with Gasteiger partial charge in [0.25, 0.3) is 0 Å². The van der Waals surface area contributed by atoms with Gasteiger partial charge in [-0.3, -0.25) is 9.69 Å². The standard InChI is InChI=1S/C23H28F2N2O2/c24-21-5-1-3-19(23(21)25)15-26-11-8-17(9-12-26)18-10-13-27(16-18)22(28)7-6-20-4-2-14-29-20/h1-5,14,17-18H,6-13,15-16H2. The lowest BCUT2D eigenvalue weighted by molar-refractivity contribution is -0.130. The number of benzene rings is 1. The Morgan fingerprint density at radius 3 is 2.59 bits per heavy atom. The molecule has 1 atom stereocenters. The zero-order valence-corrected chi connectivity index (χ0v) is 16.7. The molecule has 4 rings (SSSR count). The van der Waals surface area contributed by atoms with Gasteiger partial charge in [-0.05, 0) is 62.4 Å². The van der Waals surface area contributed by atoms with Crippen LogP contribution in [0.5, 0.6) is 0 Å². The summed E-state index contributed by atoms with van der Waals surface area (Å²) in [5, 5.41) is 0. The molecule has 0 radical (unpaired) electrons. The number of nitrogens with zero attached hydrogens (tertiary/aromatic N) is 2. The fraction of sp³-hybridized carbons (Fsp3) is 0.522. The predicted octanol–water partition coefficient (Wildman–Crippen LogP) is 4.25. The number of amides is 1. The molecule has 1 aromatic heterocycles. The van der Waals surface area contributed by atoms with Crippen LogP contribution in [0, 0.1) is 23.5 Å². The molecule has 0 aliphatic carbocycles. The molecule has 0 N–H and O–H groups in total. The fourth-order valence-electron chi connectivity index (χ4n) is 4.74. The van der Waals surface area contributed by atoms with Crippen molar-refractivity contribution in [3.05, 3.63) is 59.6 Å². The Labute approximate surface area is 170 Å². The van der Waals surface area contributed by atoms with Crippen molar-refractivity contribution < 1.29 is 18.0 Å². The van der Waals surface area contributed by atoms with Crippen LogP contribution in [0.25, 0.3) is 0 Å². The number of hydrogen-bond donors (Lipinski definition) is 0. The average molecular weight is 402 g/mol. The second kappa shape index (κ2) is 9.08. The van der Waals surface area contributed by atoms with Crippen LogP contribution in [0.15, 0.2) is 41.0 Å². The Kier molecular flexibility index (Phi) is 6.28. The van der Waals surface area contributed by atoms with E-state index in [1.807, 2.05) is 17.0 Å². The molecule has 2 aliphatic heterocycles. The van der Waals surface area contributed by atoms with Gasteiger partial charge >= 0.3 is 0 Å². The monoisotopic (exact) mass is 402 g/mol. The van der Waals surface area contributed by atoms with Gasteiger partial charge in [-0.25, -0.2) is 8.78 Å². The molecule has 156 valence electrons. The highest BCUT2D eigenvalue weighted by atomic mass is 19.2. The van der Waals surface area contributed by atoms with Crippen molar-refractivity contribution in [3.8, 4) is 0 Å². The van der Waals surface area contributed by atoms with E-state index in [4.69, 9.17) is 4.42 Å². The SMILES string of the molecule is O=C(CCc1ccco1)N1CCC(C2CCN(Cc3cccc(F)c3F)CC2)C1. The quantitative estimate of drug-likeness (QED) is 0.725. The van der Waals surface area contributed by atoms with Gasteiger partial charge in [-0.1, -0.05) is 12.1 Å². The van der Waals surface area contributed by atoms with Gasteiger partial charge in [0, 0.05) is 38.0 Å². The Morgan fingerprint density at radius 2 is 1.83 bits per heavy atom. The first-order valence-corrected chi connectivity index (χ1v) is 10.6. The zero-order chi connectivity index (χ0) is 20.2. The summed E-state index contributed by atoms with van der Waals surface area (Å²) in [6, 6.07) is 8.14. The molecular weight excluding hydrogens is 374 g/mol. The van der Waals surface area contributed by atoms with E-state index in [0.717, 1.165) is 57.3 Å². The summed E-state index contributed by atoms with van der Waals surface area (Å²) >= 11 is 0. The molecule has 1 aromatic carbocycles. The molecule has 6 heteroatoms. The van der Waals surface area contributed by atoms with E-state index < -0.39 is 11.6 Å². The lowest BCUT2D eigenvalue weighted by Crippen LogP contribution is -2.37. The van der Waals surface area contributed by atoms with Crippen LogP contribution < -0.4 is 0 Å². The molecule has 1 amide bonds. The first kappa shape index (κ1) is 20.1. The molecule has 29 heavy (non-hydrogen) atoms. The van der Waals surface area contributed by atoms with E-state index in [1.165, 1.54) is 0 Å². The Bertz CT molecular complexity index is 816. The maximum absolute atomic E-state index is 13.9. The minimum absolute atomic E-state index is 0.211. The maximum atomic E-state index is 13.9. The first-order chi connectivity index (χ1) is 14.1. The summed E-state index contributed by atoms with van der Waals surface area (Å²) in [6.07, 6.45) is 5.96. The number of halogens is 2. The van der Waals surface area contributed by atoms with Crippen LogP contribution in [-0.4, -0.2) is 41.9 Å². The summed E-state index contributed by atoms with van der Waals surface area (Å²) in [6.45, 7) is 3.93. The molecule has 1 unspecified atom stereocenters. The third-order valence-electron chi connectivity index (χ3n) is 6.47. The summed E-state index contributed by atoms with van der Waals surface area (Å²) in [5.74, 6) is 0.718. The first-order valence-electron chi connectivity index (χ1n) is 10.6. The third-order valence-corrected chi connectivity index (χ3v) is 6.47. The van der Waals surface area contributed by atoms with Crippen LogP contribution in [0.2, 0.25) is 0 Å². The van der Waals surface area contributed by atoms with E-state index in [2.05, 4.69) is 4.90 Å². The van der Waals surface area contributed by atoms with Crippen LogP contribution >= 0.6 is 0 Å². The largest absolute Gasteiger partial charge is 0.469 e. The molecule has 0 bridgehead atoms. The summed E-state index contributed by atoms with van der Waals surface area (Å²) in [4.78, 5) is 16.7. The molecular formula is C23H28F2N2O2. The molecule has 0 spiro atoms. The fourth-order valence-corrected chi connectivity index (χ4v) is 4.74. The number of carbonyl (C=O) groups is 1.